The van der Waals surface area contributed by atoms with Crippen LogP contribution in [-0.4, -0.2) is 49.6 Å². The van der Waals surface area contributed by atoms with E-state index >= 15 is 0 Å². The zero-order valence-electron chi connectivity index (χ0n) is 18.1. The van der Waals surface area contributed by atoms with Crippen molar-refractivity contribution >= 4 is 22.4 Å². The van der Waals surface area contributed by atoms with Gasteiger partial charge in [-0.05, 0) is 66.8 Å². The predicted octanol–water partition coefficient (Wildman–Crippen LogP) is 4.49. The SMILES string of the molecule is O=C(NCCCCN1CCN2c3ccccc3CC[C@@H]2C1)c1ccc2ccccc2c1. The van der Waals surface area contributed by atoms with Crippen LogP contribution in [0.4, 0.5) is 5.69 Å². The van der Waals surface area contributed by atoms with Gasteiger partial charge in [-0.1, -0.05) is 48.5 Å². The van der Waals surface area contributed by atoms with Gasteiger partial charge in [0.15, 0.2) is 0 Å². The Balaban J connectivity index is 1.05. The lowest BCUT2D eigenvalue weighted by atomic mass is 9.94. The largest absolute Gasteiger partial charge is 0.366 e. The number of benzene rings is 3. The lowest BCUT2D eigenvalue weighted by Crippen LogP contribution is -2.55. The monoisotopic (exact) mass is 413 g/mol. The number of anilines is 1. The molecule has 0 spiro atoms. The number of hydrogen-bond donors (Lipinski definition) is 1. The lowest BCUT2D eigenvalue weighted by Gasteiger charge is -2.46. The second-order valence-corrected chi connectivity index (χ2v) is 8.84. The molecule has 0 unspecified atom stereocenters. The van der Waals surface area contributed by atoms with Crippen LogP contribution in [0.2, 0.25) is 0 Å². The molecule has 2 aliphatic heterocycles. The quantitative estimate of drug-likeness (QED) is 0.605. The van der Waals surface area contributed by atoms with Gasteiger partial charge in [0.1, 0.15) is 0 Å². The van der Waals surface area contributed by atoms with Gasteiger partial charge in [0.05, 0.1) is 0 Å². The molecular weight excluding hydrogens is 382 g/mol. The first kappa shape index (κ1) is 20.1. The van der Waals surface area contributed by atoms with Gasteiger partial charge < -0.3 is 10.2 Å². The van der Waals surface area contributed by atoms with Crippen LogP contribution < -0.4 is 10.2 Å². The molecule has 1 atom stereocenters. The van der Waals surface area contributed by atoms with E-state index in [1.807, 2.05) is 30.3 Å². The van der Waals surface area contributed by atoms with E-state index < -0.39 is 0 Å². The summed E-state index contributed by atoms with van der Waals surface area (Å²) in [6, 6.07) is 23.6. The number of carbonyl (C=O) groups excluding carboxylic acids is 1. The predicted molar refractivity (Wildman–Crippen MR) is 128 cm³/mol. The zero-order valence-corrected chi connectivity index (χ0v) is 18.1. The lowest BCUT2D eigenvalue weighted by molar-refractivity contribution is 0.0952. The molecule has 2 aliphatic rings. The number of aryl methyl sites for hydroxylation is 1. The van der Waals surface area contributed by atoms with Crippen molar-refractivity contribution in [3.63, 3.8) is 0 Å². The maximum atomic E-state index is 12.5. The van der Waals surface area contributed by atoms with E-state index in [9.17, 15) is 4.79 Å². The van der Waals surface area contributed by atoms with Gasteiger partial charge in [-0.2, -0.15) is 0 Å². The average molecular weight is 414 g/mol. The molecule has 2 heterocycles. The van der Waals surface area contributed by atoms with Crippen molar-refractivity contribution in [3.8, 4) is 0 Å². The fourth-order valence-corrected chi connectivity index (χ4v) is 5.11. The molecule has 3 aromatic carbocycles. The first-order valence-electron chi connectivity index (χ1n) is 11.6. The number of unbranched alkanes of at least 4 members (excludes halogenated alkanes) is 1. The molecule has 4 nitrogen and oxygen atoms in total. The Bertz CT molecular complexity index is 1060. The molecule has 1 fully saturated rings. The minimum atomic E-state index is 0.0280. The summed E-state index contributed by atoms with van der Waals surface area (Å²) in [6.45, 7) is 5.28. The van der Waals surface area contributed by atoms with Crippen LogP contribution >= 0.6 is 0 Å². The Kier molecular flexibility index (Phi) is 5.90. The summed E-state index contributed by atoms with van der Waals surface area (Å²) in [5, 5.41) is 5.37. The molecule has 160 valence electrons. The Morgan fingerprint density at radius 3 is 2.71 bits per heavy atom. The van der Waals surface area contributed by atoms with Crippen LogP contribution in [-0.2, 0) is 6.42 Å². The minimum absolute atomic E-state index is 0.0280. The van der Waals surface area contributed by atoms with Gasteiger partial charge in [0, 0.05) is 43.5 Å². The number of fused-ring (bicyclic) bond motifs is 4. The van der Waals surface area contributed by atoms with Gasteiger partial charge in [-0.25, -0.2) is 0 Å². The van der Waals surface area contributed by atoms with Crippen LogP contribution in [0.3, 0.4) is 0 Å². The first-order chi connectivity index (χ1) is 15.3. The van der Waals surface area contributed by atoms with Crippen molar-refractivity contribution in [2.75, 3.05) is 37.6 Å². The summed E-state index contributed by atoms with van der Waals surface area (Å²) in [7, 11) is 0. The molecule has 0 aromatic heterocycles. The van der Waals surface area contributed by atoms with E-state index in [1.165, 1.54) is 29.5 Å². The highest BCUT2D eigenvalue weighted by Gasteiger charge is 2.30. The van der Waals surface area contributed by atoms with Gasteiger partial charge in [0.25, 0.3) is 5.91 Å². The van der Waals surface area contributed by atoms with Gasteiger partial charge in [0.2, 0.25) is 0 Å². The van der Waals surface area contributed by atoms with Crippen LogP contribution in [0.5, 0.6) is 0 Å². The molecule has 0 bridgehead atoms. The molecule has 4 heteroatoms. The number of amides is 1. The van der Waals surface area contributed by atoms with Crippen molar-refractivity contribution in [2.45, 2.75) is 31.7 Å². The summed E-state index contributed by atoms with van der Waals surface area (Å²) >= 11 is 0. The third kappa shape index (κ3) is 4.45. The van der Waals surface area contributed by atoms with Crippen molar-refractivity contribution in [1.29, 1.82) is 0 Å². The Morgan fingerprint density at radius 1 is 0.935 bits per heavy atom. The molecule has 1 N–H and O–H groups in total. The molecule has 0 radical (unpaired) electrons. The number of para-hydroxylation sites is 1. The van der Waals surface area contributed by atoms with Crippen LogP contribution in [0.25, 0.3) is 10.8 Å². The smallest absolute Gasteiger partial charge is 0.251 e. The highest BCUT2D eigenvalue weighted by molar-refractivity contribution is 5.98. The molecule has 0 aliphatic carbocycles. The molecule has 3 aromatic rings. The number of nitrogens with zero attached hydrogens (tertiary/aromatic N) is 2. The number of rotatable bonds is 6. The molecule has 5 rings (SSSR count). The number of nitrogens with one attached hydrogen (secondary N) is 1. The summed E-state index contributed by atoms with van der Waals surface area (Å²) in [5.74, 6) is 0.0280. The molecule has 1 amide bonds. The Labute approximate surface area is 184 Å². The average Bonchev–Trinajstić information content (AvgIpc) is 2.83. The standard InChI is InChI=1S/C27H31N3O/c31-27(24-12-11-21-7-1-2-9-23(21)19-24)28-15-5-6-16-29-17-18-30-25(20-29)14-13-22-8-3-4-10-26(22)30/h1-4,7-12,19,25H,5-6,13-18,20H2,(H,28,31)/t25-/m1/s1. The van der Waals surface area contributed by atoms with E-state index in [0.717, 1.165) is 56.5 Å². The van der Waals surface area contributed by atoms with Crippen molar-refractivity contribution in [1.82, 2.24) is 10.2 Å². The van der Waals surface area contributed by atoms with Crippen LogP contribution in [0, 0.1) is 0 Å². The van der Waals surface area contributed by atoms with Crippen molar-refractivity contribution in [2.24, 2.45) is 0 Å². The van der Waals surface area contributed by atoms with E-state index in [4.69, 9.17) is 0 Å². The molecule has 31 heavy (non-hydrogen) atoms. The first-order valence-corrected chi connectivity index (χ1v) is 11.6. The summed E-state index contributed by atoms with van der Waals surface area (Å²) in [4.78, 5) is 17.7. The second kappa shape index (κ2) is 9.11. The van der Waals surface area contributed by atoms with E-state index in [-0.39, 0.29) is 5.91 Å². The topological polar surface area (TPSA) is 35.6 Å². The van der Waals surface area contributed by atoms with E-state index in [2.05, 4.69) is 51.5 Å². The van der Waals surface area contributed by atoms with E-state index in [0.29, 0.717) is 6.04 Å². The third-order valence-electron chi connectivity index (χ3n) is 6.81. The van der Waals surface area contributed by atoms with Crippen LogP contribution in [0.15, 0.2) is 66.7 Å². The minimum Gasteiger partial charge on any atom is -0.366 e. The Hall–Kier alpha value is -2.85. The van der Waals surface area contributed by atoms with Crippen molar-refractivity contribution < 1.29 is 4.79 Å². The molecule has 1 saturated heterocycles. The normalized spacial score (nSPS) is 18.5. The summed E-state index contributed by atoms with van der Waals surface area (Å²) < 4.78 is 0. The molecule has 0 saturated carbocycles. The highest BCUT2D eigenvalue weighted by atomic mass is 16.1. The maximum Gasteiger partial charge on any atom is 0.251 e. The second-order valence-electron chi connectivity index (χ2n) is 8.84. The number of hydrogen-bond acceptors (Lipinski definition) is 3. The number of carbonyl (C=O) groups is 1. The summed E-state index contributed by atoms with van der Waals surface area (Å²) in [6.07, 6.45) is 4.61. The van der Waals surface area contributed by atoms with Gasteiger partial charge >= 0.3 is 0 Å². The maximum absolute atomic E-state index is 12.5. The van der Waals surface area contributed by atoms with Crippen LogP contribution in [0.1, 0.15) is 35.2 Å². The van der Waals surface area contributed by atoms with Crippen molar-refractivity contribution in [3.05, 3.63) is 77.9 Å². The van der Waals surface area contributed by atoms with E-state index in [1.54, 1.807) is 0 Å². The van der Waals surface area contributed by atoms with Gasteiger partial charge in [-0.15, -0.1) is 0 Å². The zero-order chi connectivity index (χ0) is 21.0. The molecular formula is C27H31N3O. The number of piperazine rings is 1. The summed E-state index contributed by atoms with van der Waals surface area (Å²) in [5.41, 5.74) is 3.71. The fourth-order valence-electron chi connectivity index (χ4n) is 5.11. The third-order valence-corrected chi connectivity index (χ3v) is 6.81. The highest BCUT2D eigenvalue weighted by Crippen LogP contribution is 2.32. The fraction of sp³-hybridized carbons (Fsp3) is 0.370. The van der Waals surface area contributed by atoms with Gasteiger partial charge in [-0.3, -0.25) is 9.69 Å². The Morgan fingerprint density at radius 2 is 1.77 bits per heavy atom.